The van der Waals surface area contributed by atoms with Crippen molar-refractivity contribution in [1.29, 1.82) is 0 Å². The minimum Gasteiger partial charge on any atom is -0.489 e. The maximum absolute atomic E-state index is 6.55. The van der Waals surface area contributed by atoms with E-state index >= 15 is 0 Å². The second kappa shape index (κ2) is 7.40. The van der Waals surface area contributed by atoms with E-state index in [2.05, 4.69) is 26.0 Å². The summed E-state index contributed by atoms with van der Waals surface area (Å²) in [5.74, 6) is 1.51. The Labute approximate surface area is 187 Å². The van der Waals surface area contributed by atoms with Crippen LogP contribution in [-0.2, 0) is 15.3 Å². The van der Waals surface area contributed by atoms with Gasteiger partial charge in [-0.3, -0.25) is 0 Å². The van der Waals surface area contributed by atoms with Gasteiger partial charge in [-0.05, 0) is 62.1 Å². The molecule has 3 heterocycles. The Morgan fingerprint density at radius 1 is 1.13 bits per heavy atom. The molecule has 3 unspecified atom stereocenters. The molecule has 164 valence electrons. The molecule has 0 radical (unpaired) electrons. The van der Waals surface area contributed by atoms with Gasteiger partial charge in [-0.2, -0.15) is 0 Å². The summed E-state index contributed by atoms with van der Waals surface area (Å²) in [7, 11) is 1.79. The SMILES string of the molecule is CN1OC2(CC(C3CCOC(C)(C)C3)Oc3ccc(-c4cccc(Cl)c4)cc32)N=C1N. The number of fused-ring (bicyclic) bond motifs is 2. The molecule has 0 aliphatic carbocycles. The minimum absolute atomic E-state index is 0.0317. The topological polar surface area (TPSA) is 69.3 Å². The number of nitrogens with two attached hydrogens (primary N) is 1. The maximum Gasteiger partial charge on any atom is 0.221 e. The van der Waals surface area contributed by atoms with Gasteiger partial charge < -0.3 is 15.2 Å². The molecule has 3 aliphatic rings. The third-order valence-electron chi connectivity index (χ3n) is 6.48. The molecular formula is C24H28ClN3O3. The lowest BCUT2D eigenvalue weighted by molar-refractivity contribution is -0.198. The minimum atomic E-state index is -0.895. The summed E-state index contributed by atoms with van der Waals surface area (Å²) in [5, 5.41) is 2.24. The number of rotatable bonds is 2. The Kier molecular flexibility index (Phi) is 4.92. The zero-order chi connectivity index (χ0) is 21.8. The third kappa shape index (κ3) is 3.77. The molecule has 2 aromatic rings. The first kappa shape index (κ1) is 20.6. The number of aliphatic imine (C=N–C) groups is 1. The fourth-order valence-corrected chi connectivity index (χ4v) is 5.16. The zero-order valence-electron chi connectivity index (χ0n) is 18.1. The molecule has 3 aliphatic heterocycles. The van der Waals surface area contributed by atoms with Crippen LogP contribution in [0.1, 0.15) is 38.7 Å². The highest BCUT2D eigenvalue weighted by Gasteiger charge is 2.51. The summed E-state index contributed by atoms with van der Waals surface area (Å²) in [6.07, 6.45) is 2.45. The Morgan fingerprint density at radius 2 is 1.94 bits per heavy atom. The standard InChI is InChI=1S/C24H28ClN3O3/c1-23(2)13-17(9-10-29-23)21-14-24(27-22(26)28(3)31-24)19-12-16(7-8-20(19)30-21)15-5-4-6-18(25)11-15/h4-8,11-12,17,21H,9-10,13-14H2,1-3H3,(H2,26,27). The van der Waals surface area contributed by atoms with Crippen molar-refractivity contribution in [2.45, 2.75) is 50.5 Å². The number of hydrogen-bond donors (Lipinski definition) is 1. The van der Waals surface area contributed by atoms with Crippen LogP contribution < -0.4 is 10.5 Å². The Morgan fingerprint density at radius 3 is 2.65 bits per heavy atom. The number of benzene rings is 2. The lowest BCUT2D eigenvalue weighted by atomic mass is 9.79. The zero-order valence-corrected chi connectivity index (χ0v) is 18.9. The second-order valence-corrected chi connectivity index (χ2v) is 9.72. The van der Waals surface area contributed by atoms with Crippen molar-refractivity contribution in [2.24, 2.45) is 16.6 Å². The molecule has 1 fully saturated rings. The monoisotopic (exact) mass is 441 g/mol. The number of halogens is 1. The first-order chi connectivity index (χ1) is 14.7. The van der Waals surface area contributed by atoms with Crippen molar-refractivity contribution in [2.75, 3.05) is 13.7 Å². The summed E-state index contributed by atoms with van der Waals surface area (Å²) in [5.41, 5.74) is 8.04. The van der Waals surface area contributed by atoms with Crippen LogP contribution in [0.3, 0.4) is 0 Å². The van der Waals surface area contributed by atoms with Crippen molar-refractivity contribution in [3.63, 3.8) is 0 Å². The van der Waals surface area contributed by atoms with Gasteiger partial charge in [0.2, 0.25) is 11.7 Å². The quantitative estimate of drug-likeness (QED) is 0.731. The fourth-order valence-electron chi connectivity index (χ4n) is 4.97. The van der Waals surface area contributed by atoms with Crippen LogP contribution >= 0.6 is 11.6 Å². The molecule has 1 saturated heterocycles. The van der Waals surface area contributed by atoms with E-state index in [-0.39, 0.29) is 11.7 Å². The lowest BCUT2D eigenvalue weighted by Crippen LogP contribution is -2.46. The van der Waals surface area contributed by atoms with Gasteiger partial charge in [0.15, 0.2) is 0 Å². The van der Waals surface area contributed by atoms with Gasteiger partial charge in [-0.1, -0.05) is 29.8 Å². The predicted molar refractivity (Wildman–Crippen MR) is 121 cm³/mol. The van der Waals surface area contributed by atoms with Crippen LogP contribution in [-0.4, -0.2) is 36.4 Å². The highest BCUT2D eigenvalue weighted by atomic mass is 35.5. The number of hydroxylamine groups is 2. The number of ether oxygens (including phenoxy) is 2. The summed E-state index contributed by atoms with van der Waals surface area (Å²) in [6.45, 7) is 5.01. The van der Waals surface area contributed by atoms with Crippen LogP contribution in [0.2, 0.25) is 5.02 Å². The van der Waals surface area contributed by atoms with Crippen LogP contribution in [0, 0.1) is 5.92 Å². The van der Waals surface area contributed by atoms with E-state index in [0.29, 0.717) is 23.3 Å². The molecule has 1 spiro atoms. The Balaban J connectivity index is 1.56. The Bertz CT molecular complexity index is 1040. The average molecular weight is 442 g/mol. The van der Waals surface area contributed by atoms with Gasteiger partial charge in [-0.25, -0.2) is 14.9 Å². The van der Waals surface area contributed by atoms with Crippen molar-refractivity contribution in [3.05, 3.63) is 53.1 Å². The molecule has 0 saturated carbocycles. The van der Waals surface area contributed by atoms with Gasteiger partial charge in [0.25, 0.3) is 0 Å². The van der Waals surface area contributed by atoms with Crippen LogP contribution in [0.5, 0.6) is 5.75 Å². The molecule has 0 amide bonds. The van der Waals surface area contributed by atoms with Gasteiger partial charge >= 0.3 is 0 Å². The molecule has 5 rings (SSSR count). The number of hydrogen-bond acceptors (Lipinski definition) is 6. The first-order valence-corrected chi connectivity index (χ1v) is 11.1. The van der Waals surface area contributed by atoms with E-state index in [1.54, 1.807) is 12.1 Å². The lowest BCUT2D eigenvalue weighted by Gasteiger charge is -2.44. The number of guanidine groups is 1. The van der Waals surface area contributed by atoms with E-state index in [0.717, 1.165) is 41.9 Å². The molecule has 3 atom stereocenters. The van der Waals surface area contributed by atoms with Crippen LogP contribution in [0.4, 0.5) is 0 Å². The summed E-state index contributed by atoms with van der Waals surface area (Å²) >= 11 is 6.22. The van der Waals surface area contributed by atoms with Crippen molar-refractivity contribution < 1.29 is 14.3 Å². The normalized spacial score (nSPS) is 29.4. The van der Waals surface area contributed by atoms with Gasteiger partial charge in [0.1, 0.15) is 11.9 Å². The molecular weight excluding hydrogens is 414 g/mol. The summed E-state index contributed by atoms with van der Waals surface area (Å²) < 4.78 is 12.5. The molecule has 2 aromatic carbocycles. The second-order valence-electron chi connectivity index (χ2n) is 9.29. The van der Waals surface area contributed by atoms with Gasteiger partial charge in [0.05, 0.1) is 11.2 Å². The van der Waals surface area contributed by atoms with Crippen molar-refractivity contribution in [1.82, 2.24) is 5.06 Å². The molecule has 2 N–H and O–H groups in total. The largest absolute Gasteiger partial charge is 0.489 e. The highest BCUT2D eigenvalue weighted by molar-refractivity contribution is 6.30. The first-order valence-electron chi connectivity index (χ1n) is 10.7. The number of nitrogens with zero attached hydrogens (tertiary/aromatic N) is 2. The van der Waals surface area contributed by atoms with E-state index in [9.17, 15) is 0 Å². The van der Waals surface area contributed by atoms with E-state index < -0.39 is 5.72 Å². The van der Waals surface area contributed by atoms with Crippen molar-refractivity contribution >= 4 is 17.6 Å². The highest BCUT2D eigenvalue weighted by Crippen LogP contribution is 2.49. The van der Waals surface area contributed by atoms with E-state index in [4.69, 9.17) is 36.6 Å². The summed E-state index contributed by atoms with van der Waals surface area (Å²) in [4.78, 5) is 11.1. The van der Waals surface area contributed by atoms with Gasteiger partial charge in [0, 0.05) is 31.0 Å². The smallest absolute Gasteiger partial charge is 0.221 e. The van der Waals surface area contributed by atoms with E-state index in [1.807, 2.05) is 30.3 Å². The summed E-state index contributed by atoms with van der Waals surface area (Å²) in [6, 6.07) is 14.0. The Hall–Kier alpha value is -2.28. The maximum atomic E-state index is 6.55. The molecule has 0 bridgehead atoms. The van der Waals surface area contributed by atoms with Crippen molar-refractivity contribution in [3.8, 4) is 16.9 Å². The fraction of sp³-hybridized carbons (Fsp3) is 0.458. The van der Waals surface area contributed by atoms with E-state index in [1.165, 1.54) is 0 Å². The molecule has 31 heavy (non-hydrogen) atoms. The molecule has 0 aromatic heterocycles. The third-order valence-corrected chi connectivity index (χ3v) is 6.72. The molecule has 6 nitrogen and oxygen atoms in total. The van der Waals surface area contributed by atoms with Crippen LogP contribution in [0.25, 0.3) is 11.1 Å². The molecule has 7 heteroatoms. The average Bonchev–Trinajstić information content (AvgIpc) is 3.00. The van der Waals surface area contributed by atoms with Gasteiger partial charge in [-0.15, -0.1) is 0 Å². The predicted octanol–water partition coefficient (Wildman–Crippen LogP) is 4.71. The van der Waals surface area contributed by atoms with Crippen LogP contribution in [0.15, 0.2) is 47.5 Å².